The predicted molar refractivity (Wildman–Crippen MR) is 78.4 cm³/mol. The highest BCUT2D eigenvalue weighted by molar-refractivity contribution is 8.13. The smallest absolute Gasteiger partial charge is 0.261 e. The molecule has 0 spiro atoms. The Kier molecular flexibility index (Phi) is 4.83. The monoisotopic (exact) mass is 313 g/mol. The van der Waals surface area contributed by atoms with Gasteiger partial charge < -0.3 is 5.32 Å². The van der Waals surface area contributed by atoms with Gasteiger partial charge in [0.2, 0.25) is 0 Å². The molecule has 2 rings (SSSR count). The van der Waals surface area contributed by atoms with Gasteiger partial charge in [-0.25, -0.2) is 8.42 Å². The number of nitrogens with one attached hydrogen (secondary N) is 1. The minimum atomic E-state index is -3.74. The standard InChI is InChI=1S/C14H16ClNO3S/c15-20(18,19)13-7-5-12(6-8-13)14(17)16-10-9-11-3-1-2-4-11/h3,5-8H,1-2,4,9-10H2,(H,16,17). The maximum absolute atomic E-state index is 11.9. The van der Waals surface area contributed by atoms with Gasteiger partial charge in [0.15, 0.2) is 0 Å². The first kappa shape index (κ1) is 15.1. The third-order valence-electron chi connectivity index (χ3n) is 3.26. The fourth-order valence-corrected chi connectivity index (χ4v) is 2.94. The zero-order valence-electron chi connectivity index (χ0n) is 10.9. The normalized spacial score (nSPS) is 14.9. The molecule has 0 aromatic heterocycles. The first-order valence-corrected chi connectivity index (χ1v) is 8.78. The number of allylic oxidation sites excluding steroid dienone is 1. The molecule has 20 heavy (non-hydrogen) atoms. The van der Waals surface area contributed by atoms with Gasteiger partial charge in [-0.1, -0.05) is 11.6 Å². The fourth-order valence-electron chi connectivity index (χ4n) is 2.17. The zero-order chi connectivity index (χ0) is 14.6. The van der Waals surface area contributed by atoms with Crippen LogP contribution in [0.15, 0.2) is 40.8 Å². The van der Waals surface area contributed by atoms with Crippen LogP contribution in [0.25, 0.3) is 0 Å². The SMILES string of the molecule is O=C(NCCC1=CCCC1)c1ccc(S(=O)(=O)Cl)cc1. The van der Waals surface area contributed by atoms with E-state index in [1.165, 1.54) is 36.3 Å². The van der Waals surface area contributed by atoms with E-state index >= 15 is 0 Å². The van der Waals surface area contributed by atoms with Gasteiger partial charge in [0.05, 0.1) is 4.90 Å². The van der Waals surface area contributed by atoms with Gasteiger partial charge in [0.1, 0.15) is 0 Å². The summed E-state index contributed by atoms with van der Waals surface area (Å²) in [5.41, 5.74) is 1.82. The molecular formula is C14H16ClNO3S. The lowest BCUT2D eigenvalue weighted by Gasteiger charge is -2.06. The second kappa shape index (κ2) is 6.41. The highest BCUT2D eigenvalue weighted by Gasteiger charge is 2.11. The predicted octanol–water partition coefficient (Wildman–Crippen LogP) is 2.84. The molecule has 108 valence electrons. The molecule has 1 aliphatic carbocycles. The number of amides is 1. The Morgan fingerprint density at radius 1 is 1.25 bits per heavy atom. The van der Waals surface area contributed by atoms with Crippen molar-refractivity contribution in [2.75, 3.05) is 6.54 Å². The van der Waals surface area contributed by atoms with Crippen molar-refractivity contribution in [3.8, 4) is 0 Å². The van der Waals surface area contributed by atoms with E-state index in [0.29, 0.717) is 12.1 Å². The largest absolute Gasteiger partial charge is 0.352 e. The Bertz CT molecular complexity index is 620. The van der Waals surface area contributed by atoms with Crippen LogP contribution in [0, 0.1) is 0 Å². The molecule has 0 aliphatic heterocycles. The summed E-state index contributed by atoms with van der Waals surface area (Å²) in [6.07, 6.45) is 6.57. The van der Waals surface area contributed by atoms with Crippen LogP contribution in [0.1, 0.15) is 36.0 Å². The van der Waals surface area contributed by atoms with Crippen molar-refractivity contribution in [3.05, 3.63) is 41.5 Å². The van der Waals surface area contributed by atoms with Crippen LogP contribution in [0.4, 0.5) is 0 Å². The molecule has 0 unspecified atom stereocenters. The van der Waals surface area contributed by atoms with Gasteiger partial charge in [0.25, 0.3) is 15.0 Å². The molecule has 1 aliphatic rings. The first-order valence-electron chi connectivity index (χ1n) is 6.47. The van der Waals surface area contributed by atoms with Crippen LogP contribution in [-0.2, 0) is 9.05 Å². The summed E-state index contributed by atoms with van der Waals surface area (Å²) in [4.78, 5) is 11.9. The second-order valence-corrected chi connectivity index (χ2v) is 7.29. The third-order valence-corrected chi connectivity index (χ3v) is 4.63. The van der Waals surface area contributed by atoms with Crippen molar-refractivity contribution in [2.24, 2.45) is 0 Å². The summed E-state index contributed by atoms with van der Waals surface area (Å²) in [6.45, 7) is 0.597. The van der Waals surface area contributed by atoms with Crippen molar-refractivity contribution in [2.45, 2.75) is 30.6 Å². The second-order valence-electron chi connectivity index (χ2n) is 4.72. The average Bonchev–Trinajstić information content (AvgIpc) is 2.91. The maximum Gasteiger partial charge on any atom is 0.261 e. The summed E-state index contributed by atoms with van der Waals surface area (Å²) in [5.74, 6) is -0.206. The van der Waals surface area contributed by atoms with Crippen molar-refractivity contribution >= 4 is 25.6 Å². The number of benzene rings is 1. The van der Waals surface area contributed by atoms with Crippen LogP contribution in [0.2, 0.25) is 0 Å². The molecule has 4 nitrogen and oxygen atoms in total. The van der Waals surface area contributed by atoms with E-state index in [1.54, 1.807) is 0 Å². The molecule has 6 heteroatoms. The summed E-state index contributed by atoms with van der Waals surface area (Å²) in [5, 5.41) is 2.82. The van der Waals surface area contributed by atoms with E-state index in [4.69, 9.17) is 10.7 Å². The highest BCUT2D eigenvalue weighted by Crippen LogP contribution is 2.20. The lowest BCUT2D eigenvalue weighted by molar-refractivity contribution is 0.0954. The molecule has 0 atom stereocenters. The Labute approximate surface area is 123 Å². The zero-order valence-corrected chi connectivity index (χ0v) is 12.5. The van der Waals surface area contributed by atoms with Crippen molar-refractivity contribution in [3.63, 3.8) is 0 Å². The first-order chi connectivity index (χ1) is 9.47. The topological polar surface area (TPSA) is 63.2 Å². The van der Waals surface area contributed by atoms with E-state index in [-0.39, 0.29) is 10.8 Å². The molecule has 0 heterocycles. The number of carbonyl (C=O) groups is 1. The summed E-state index contributed by atoms with van der Waals surface area (Å²) in [7, 11) is 1.47. The van der Waals surface area contributed by atoms with Gasteiger partial charge in [-0.2, -0.15) is 0 Å². The Morgan fingerprint density at radius 3 is 2.50 bits per heavy atom. The number of hydrogen-bond acceptors (Lipinski definition) is 3. The molecule has 0 saturated heterocycles. The molecule has 0 saturated carbocycles. The van der Waals surface area contributed by atoms with E-state index in [2.05, 4.69) is 11.4 Å². The molecule has 1 amide bonds. The molecule has 0 bridgehead atoms. The Hall–Kier alpha value is -1.33. The van der Waals surface area contributed by atoms with Crippen LogP contribution in [0.5, 0.6) is 0 Å². The summed E-state index contributed by atoms with van der Waals surface area (Å²) >= 11 is 0. The van der Waals surface area contributed by atoms with Crippen molar-refractivity contribution in [1.29, 1.82) is 0 Å². The Morgan fingerprint density at radius 2 is 1.95 bits per heavy atom. The van der Waals surface area contributed by atoms with Gasteiger partial charge in [-0.05, 0) is 49.9 Å². The fraction of sp³-hybridized carbons (Fsp3) is 0.357. The molecule has 0 radical (unpaired) electrons. The average molecular weight is 314 g/mol. The van der Waals surface area contributed by atoms with Crippen molar-refractivity contribution < 1.29 is 13.2 Å². The molecule has 1 aromatic rings. The lowest BCUT2D eigenvalue weighted by Crippen LogP contribution is -2.24. The maximum atomic E-state index is 11.9. The number of hydrogen-bond donors (Lipinski definition) is 1. The minimum absolute atomic E-state index is 0.00757. The van der Waals surface area contributed by atoms with E-state index < -0.39 is 9.05 Å². The van der Waals surface area contributed by atoms with Crippen LogP contribution in [0.3, 0.4) is 0 Å². The summed E-state index contributed by atoms with van der Waals surface area (Å²) in [6, 6.07) is 5.58. The quantitative estimate of drug-likeness (QED) is 0.671. The number of carbonyl (C=O) groups excluding carboxylic acids is 1. The highest BCUT2D eigenvalue weighted by atomic mass is 35.7. The van der Waals surface area contributed by atoms with E-state index in [9.17, 15) is 13.2 Å². The molecular weight excluding hydrogens is 298 g/mol. The molecule has 0 fully saturated rings. The minimum Gasteiger partial charge on any atom is -0.352 e. The van der Waals surface area contributed by atoms with E-state index in [0.717, 1.165) is 19.3 Å². The van der Waals surface area contributed by atoms with Crippen LogP contribution >= 0.6 is 10.7 Å². The lowest BCUT2D eigenvalue weighted by atomic mass is 10.1. The Balaban J connectivity index is 1.89. The van der Waals surface area contributed by atoms with Gasteiger partial charge in [-0.3, -0.25) is 4.79 Å². The van der Waals surface area contributed by atoms with Gasteiger partial charge >= 0.3 is 0 Å². The number of halogens is 1. The van der Waals surface area contributed by atoms with Crippen molar-refractivity contribution in [1.82, 2.24) is 5.32 Å². The van der Waals surface area contributed by atoms with E-state index in [1.807, 2.05) is 0 Å². The third kappa shape index (κ3) is 4.08. The number of rotatable bonds is 5. The molecule has 1 N–H and O–H groups in total. The molecule has 1 aromatic carbocycles. The van der Waals surface area contributed by atoms with Crippen LogP contribution in [-0.4, -0.2) is 20.9 Å². The van der Waals surface area contributed by atoms with Gasteiger partial charge in [-0.15, -0.1) is 0 Å². The van der Waals surface area contributed by atoms with Crippen LogP contribution < -0.4 is 5.32 Å². The summed E-state index contributed by atoms with van der Waals surface area (Å²) < 4.78 is 22.2. The van der Waals surface area contributed by atoms with Gasteiger partial charge in [0, 0.05) is 22.8 Å².